The molecule has 13 heavy (non-hydrogen) atoms. The summed E-state index contributed by atoms with van der Waals surface area (Å²) in [7, 11) is -0.892. The van der Waals surface area contributed by atoms with Gasteiger partial charge in [0.15, 0.2) is 0 Å². The van der Waals surface area contributed by atoms with E-state index < -0.39 is 8.07 Å². The van der Waals surface area contributed by atoms with Crippen molar-refractivity contribution < 1.29 is 0 Å². The third kappa shape index (κ3) is 4.66. The summed E-state index contributed by atoms with van der Waals surface area (Å²) in [4.78, 5) is 0. The van der Waals surface area contributed by atoms with E-state index in [0.29, 0.717) is 0 Å². The molecule has 0 amide bonds. The largest absolute Gasteiger partial charge is 0.100 e. The maximum atomic E-state index is 4.24. The molecule has 1 rings (SSSR count). The first-order valence-corrected chi connectivity index (χ1v) is 9.35. The van der Waals surface area contributed by atoms with Gasteiger partial charge in [-0.25, -0.2) is 0 Å². The van der Waals surface area contributed by atoms with Gasteiger partial charge >= 0.3 is 0 Å². The van der Waals surface area contributed by atoms with Crippen molar-refractivity contribution in [2.24, 2.45) is 5.92 Å². The maximum Gasteiger partial charge on any atom is 0.0483 e. The van der Waals surface area contributed by atoms with Gasteiger partial charge < -0.3 is 0 Å². The zero-order valence-corrected chi connectivity index (χ0v) is 10.5. The lowest BCUT2D eigenvalue weighted by Gasteiger charge is -2.19. The monoisotopic (exact) mass is 196 g/mol. The lowest BCUT2D eigenvalue weighted by Crippen LogP contribution is -2.20. The first-order chi connectivity index (χ1) is 5.97. The summed E-state index contributed by atoms with van der Waals surface area (Å²) in [6.07, 6.45) is 7.18. The normalized spacial score (nSPS) is 19.3. The van der Waals surface area contributed by atoms with Crippen molar-refractivity contribution >= 4 is 8.07 Å². The van der Waals surface area contributed by atoms with E-state index in [2.05, 4.69) is 26.2 Å². The molecule has 0 atom stereocenters. The SMILES string of the molecule is C=C(CC1CCCC1)C[Si](C)(C)C. The van der Waals surface area contributed by atoms with Crippen LogP contribution in [0.25, 0.3) is 0 Å². The van der Waals surface area contributed by atoms with Crippen LogP contribution in [0.4, 0.5) is 0 Å². The Balaban J connectivity index is 2.24. The molecular weight excluding hydrogens is 172 g/mol. The molecule has 0 bridgehead atoms. The molecule has 0 radical (unpaired) electrons. The molecule has 76 valence electrons. The lowest BCUT2D eigenvalue weighted by atomic mass is 10.00. The standard InChI is InChI=1S/C12H24Si/c1-11(10-13(2,3)4)9-12-7-5-6-8-12/h12H,1,5-10H2,2-4H3. The van der Waals surface area contributed by atoms with Crippen molar-refractivity contribution in [2.45, 2.75) is 57.8 Å². The minimum atomic E-state index is -0.892. The molecular formula is C12H24Si. The van der Waals surface area contributed by atoms with Crippen molar-refractivity contribution in [1.29, 1.82) is 0 Å². The summed E-state index contributed by atoms with van der Waals surface area (Å²) in [5.41, 5.74) is 1.53. The van der Waals surface area contributed by atoms with Crippen LogP contribution < -0.4 is 0 Å². The van der Waals surface area contributed by atoms with Gasteiger partial charge in [0.2, 0.25) is 0 Å². The van der Waals surface area contributed by atoms with Crippen LogP contribution in [-0.2, 0) is 0 Å². The molecule has 0 N–H and O–H groups in total. The highest BCUT2D eigenvalue weighted by molar-refractivity contribution is 6.76. The Labute approximate surface area is 84.4 Å². The van der Waals surface area contributed by atoms with E-state index in [9.17, 15) is 0 Å². The fourth-order valence-electron chi connectivity index (χ4n) is 2.44. The summed E-state index contributed by atoms with van der Waals surface area (Å²) in [6, 6.07) is 1.34. The van der Waals surface area contributed by atoms with Crippen molar-refractivity contribution in [3.05, 3.63) is 12.2 Å². The molecule has 1 aliphatic carbocycles. The molecule has 0 nitrogen and oxygen atoms in total. The van der Waals surface area contributed by atoms with Gasteiger partial charge in [-0.2, -0.15) is 0 Å². The van der Waals surface area contributed by atoms with Gasteiger partial charge in [-0.15, -0.1) is 6.58 Å². The summed E-state index contributed by atoms with van der Waals surface area (Å²) < 4.78 is 0. The molecule has 1 heteroatoms. The fourth-order valence-corrected chi connectivity index (χ4v) is 4.09. The third-order valence-electron chi connectivity index (χ3n) is 2.83. The van der Waals surface area contributed by atoms with E-state index in [0.717, 1.165) is 5.92 Å². The first kappa shape index (κ1) is 11.0. The van der Waals surface area contributed by atoms with Crippen LogP contribution in [-0.4, -0.2) is 8.07 Å². The average Bonchev–Trinajstić information content (AvgIpc) is 2.34. The number of hydrogen-bond donors (Lipinski definition) is 0. The molecule has 1 fully saturated rings. The Kier molecular flexibility index (Phi) is 3.78. The number of hydrogen-bond acceptors (Lipinski definition) is 0. The van der Waals surface area contributed by atoms with Crippen LogP contribution in [0.2, 0.25) is 25.7 Å². The van der Waals surface area contributed by atoms with E-state index in [-0.39, 0.29) is 0 Å². The highest BCUT2D eigenvalue weighted by Crippen LogP contribution is 2.31. The Morgan fingerprint density at radius 3 is 2.23 bits per heavy atom. The van der Waals surface area contributed by atoms with Crippen molar-refractivity contribution in [3.63, 3.8) is 0 Å². The summed E-state index contributed by atoms with van der Waals surface area (Å²) in [6.45, 7) is 11.6. The second kappa shape index (κ2) is 4.45. The molecule has 0 aliphatic heterocycles. The van der Waals surface area contributed by atoms with Gasteiger partial charge in [-0.3, -0.25) is 0 Å². The smallest absolute Gasteiger partial charge is 0.0483 e. The lowest BCUT2D eigenvalue weighted by molar-refractivity contribution is 0.544. The van der Waals surface area contributed by atoms with E-state index in [1.165, 1.54) is 43.7 Å². The van der Waals surface area contributed by atoms with Gasteiger partial charge in [0.05, 0.1) is 0 Å². The Bertz CT molecular complexity index is 170. The predicted octanol–water partition coefficient (Wildman–Crippen LogP) is 4.46. The van der Waals surface area contributed by atoms with Crippen LogP contribution in [0.15, 0.2) is 12.2 Å². The van der Waals surface area contributed by atoms with Crippen LogP contribution >= 0.6 is 0 Å². The van der Waals surface area contributed by atoms with Gasteiger partial charge in [0.25, 0.3) is 0 Å². The molecule has 0 aromatic heterocycles. The highest BCUT2D eigenvalue weighted by atomic mass is 28.3. The van der Waals surface area contributed by atoms with Gasteiger partial charge in [-0.05, 0) is 18.4 Å². The molecule has 0 heterocycles. The highest BCUT2D eigenvalue weighted by Gasteiger charge is 2.19. The number of rotatable bonds is 4. The second-order valence-corrected chi connectivity index (χ2v) is 11.3. The molecule has 1 saturated carbocycles. The van der Waals surface area contributed by atoms with Crippen molar-refractivity contribution in [3.8, 4) is 0 Å². The third-order valence-corrected chi connectivity index (χ3v) is 4.39. The molecule has 0 spiro atoms. The molecule has 0 unspecified atom stereocenters. The van der Waals surface area contributed by atoms with E-state index in [4.69, 9.17) is 0 Å². The summed E-state index contributed by atoms with van der Waals surface area (Å²) in [5, 5.41) is 0. The zero-order valence-electron chi connectivity index (χ0n) is 9.53. The fraction of sp³-hybridized carbons (Fsp3) is 0.833. The quantitative estimate of drug-likeness (QED) is 0.460. The number of allylic oxidation sites excluding steroid dienone is 1. The molecule has 0 saturated heterocycles. The topological polar surface area (TPSA) is 0 Å². The van der Waals surface area contributed by atoms with Gasteiger partial charge in [-0.1, -0.05) is 50.9 Å². The predicted molar refractivity (Wildman–Crippen MR) is 63.9 cm³/mol. The Morgan fingerprint density at radius 2 is 1.77 bits per heavy atom. The van der Waals surface area contributed by atoms with Crippen LogP contribution in [0, 0.1) is 5.92 Å². The van der Waals surface area contributed by atoms with Crippen LogP contribution in [0.5, 0.6) is 0 Å². The Hall–Kier alpha value is -0.0431. The summed E-state index contributed by atoms with van der Waals surface area (Å²) >= 11 is 0. The van der Waals surface area contributed by atoms with Gasteiger partial charge in [0, 0.05) is 8.07 Å². The van der Waals surface area contributed by atoms with Crippen LogP contribution in [0.1, 0.15) is 32.1 Å². The molecule has 0 aromatic carbocycles. The minimum Gasteiger partial charge on any atom is -0.100 e. The Morgan fingerprint density at radius 1 is 1.23 bits per heavy atom. The zero-order chi connectivity index (χ0) is 9.90. The van der Waals surface area contributed by atoms with E-state index in [1.54, 1.807) is 0 Å². The first-order valence-electron chi connectivity index (χ1n) is 5.64. The van der Waals surface area contributed by atoms with Crippen molar-refractivity contribution in [2.75, 3.05) is 0 Å². The molecule has 0 aromatic rings. The van der Waals surface area contributed by atoms with Crippen LogP contribution in [0.3, 0.4) is 0 Å². The summed E-state index contributed by atoms with van der Waals surface area (Å²) in [5.74, 6) is 0.990. The average molecular weight is 196 g/mol. The van der Waals surface area contributed by atoms with Crippen molar-refractivity contribution in [1.82, 2.24) is 0 Å². The maximum absolute atomic E-state index is 4.24. The van der Waals surface area contributed by atoms with E-state index >= 15 is 0 Å². The minimum absolute atomic E-state index is 0.892. The van der Waals surface area contributed by atoms with E-state index in [1.807, 2.05) is 0 Å². The van der Waals surface area contributed by atoms with Gasteiger partial charge in [0.1, 0.15) is 0 Å². The second-order valence-electron chi connectivity index (χ2n) is 5.84. The molecule has 1 aliphatic rings.